The molecule has 1 aliphatic carbocycles. The second-order valence-electron chi connectivity index (χ2n) is 5.39. The van der Waals surface area contributed by atoms with Crippen LogP contribution in [0, 0.1) is 5.92 Å². The van der Waals surface area contributed by atoms with E-state index in [0.717, 1.165) is 18.9 Å². The van der Waals surface area contributed by atoms with Crippen molar-refractivity contribution in [3.63, 3.8) is 0 Å². The molecule has 0 unspecified atom stereocenters. The average molecular weight is 203 g/mol. The third kappa shape index (κ3) is 1.33. The largest absolute Gasteiger partial charge is 0.307 e. The summed E-state index contributed by atoms with van der Waals surface area (Å²) in [6.45, 7) is 1.16. The molecule has 15 heavy (non-hydrogen) atoms. The maximum atomic E-state index is 4.75. The Morgan fingerprint density at radius 2 is 2.27 bits per heavy atom. The standard InChI is InChI=1S/C12H17N3/c1-2-8(1)6-15-7-10-11-4-3-9(13-11)5-12(10)14-15/h7-9,11,13H,1-6H2/t9-,11+/m1/s1. The number of rotatable bonds is 2. The van der Waals surface area contributed by atoms with Crippen molar-refractivity contribution < 1.29 is 0 Å². The molecule has 1 saturated heterocycles. The van der Waals surface area contributed by atoms with Crippen molar-refractivity contribution in [3.8, 4) is 0 Å². The number of nitrogens with zero attached hydrogens (tertiary/aromatic N) is 2. The molecule has 1 aromatic heterocycles. The average Bonchev–Trinajstić information content (AvgIpc) is 2.81. The van der Waals surface area contributed by atoms with E-state index in [9.17, 15) is 0 Å². The maximum absolute atomic E-state index is 4.75. The van der Waals surface area contributed by atoms with E-state index >= 15 is 0 Å². The highest BCUT2D eigenvalue weighted by Gasteiger charge is 2.34. The van der Waals surface area contributed by atoms with Crippen molar-refractivity contribution >= 4 is 0 Å². The van der Waals surface area contributed by atoms with Gasteiger partial charge in [-0.25, -0.2) is 0 Å². The van der Waals surface area contributed by atoms with Gasteiger partial charge in [0.25, 0.3) is 0 Å². The summed E-state index contributed by atoms with van der Waals surface area (Å²) in [5.74, 6) is 0.927. The molecule has 1 saturated carbocycles. The Hall–Kier alpha value is -0.830. The number of hydrogen-bond donors (Lipinski definition) is 1. The highest BCUT2D eigenvalue weighted by molar-refractivity contribution is 5.28. The Balaban J connectivity index is 1.66. The van der Waals surface area contributed by atoms with Gasteiger partial charge in [0.15, 0.2) is 0 Å². The summed E-state index contributed by atoms with van der Waals surface area (Å²) in [6.07, 6.45) is 8.93. The van der Waals surface area contributed by atoms with Crippen molar-refractivity contribution in [2.45, 2.75) is 50.7 Å². The van der Waals surface area contributed by atoms with E-state index in [1.807, 2.05) is 0 Å². The summed E-state index contributed by atoms with van der Waals surface area (Å²) in [6, 6.07) is 1.33. The predicted octanol–water partition coefficient (Wildman–Crippen LogP) is 1.64. The van der Waals surface area contributed by atoms with Crippen LogP contribution in [-0.2, 0) is 13.0 Å². The van der Waals surface area contributed by atoms with E-state index in [0.29, 0.717) is 12.1 Å². The van der Waals surface area contributed by atoms with Crippen LogP contribution >= 0.6 is 0 Å². The topological polar surface area (TPSA) is 29.9 Å². The van der Waals surface area contributed by atoms with Gasteiger partial charge in [0.2, 0.25) is 0 Å². The Bertz CT molecular complexity index is 392. The van der Waals surface area contributed by atoms with Crippen LogP contribution in [0.3, 0.4) is 0 Å². The normalized spacial score (nSPS) is 33.1. The number of hydrogen-bond acceptors (Lipinski definition) is 2. The van der Waals surface area contributed by atoms with Crippen LogP contribution in [-0.4, -0.2) is 15.8 Å². The smallest absolute Gasteiger partial charge is 0.0687 e. The molecule has 1 aromatic rings. The highest BCUT2D eigenvalue weighted by Crippen LogP contribution is 2.36. The first-order chi connectivity index (χ1) is 7.38. The zero-order chi connectivity index (χ0) is 9.83. The lowest BCUT2D eigenvalue weighted by molar-refractivity contribution is 0.506. The van der Waals surface area contributed by atoms with E-state index in [1.54, 1.807) is 0 Å². The van der Waals surface area contributed by atoms with Crippen molar-refractivity contribution in [3.05, 3.63) is 17.5 Å². The van der Waals surface area contributed by atoms with Gasteiger partial charge < -0.3 is 5.32 Å². The fraction of sp³-hybridized carbons (Fsp3) is 0.750. The summed E-state index contributed by atoms with van der Waals surface area (Å²) in [4.78, 5) is 0. The minimum atomic E-state index is 0.617. The van der Waals surface area contributed by atoms with Crippen LogP contribution in [0.4, 0.5) is 0 Å². The fourth-order valence-electron chi connectivity index (χ4n) is 3.04. The highest BCUT2D eigenvalue weighted by atomic mass is 15.3. The van der Waals surface area contributed by atoms with Crippen LogP contribution in [0.15, 0.2) is 6.20 Å². The number of fused-ring (bicyclic) bond motifs is 4. The molecule has 3 aliphatic rings. The first-order valence-corrected chi connectivity index (χ1v) is 6.21. The molecule has 2 aliphatic heterocycles. The molecule has 0 aromatic carbocycles. The summed E-state index contributed by atoms with van der Waals surface area (Å²) in [5.41, 5.74) is 2.87. The second-order valence-corrected chi connectivity index (χ2v) is 5.39. The van der Waals surface area contributed by atoms with E-state index in [1.165, 1.54) is 36.9 Å². The Morgan fingerprint density at radius 3 is 3.13 bits per heavy atom. The molecule has 2 fully saturated rings. The Kier molecular flexibility index (Phi) is 1.58. The minimum Gasteiger partial charge on any atom is -0.307 e. The van der Waals surface area contributed by atoms with Gasteiger partial charge in [-0.3, -0.25) is 4.68 Å². The van der Waals surface area contributed by atoms with Crippen LogP contribution in [0.25, 0.3) is 0 Å². The fourth-order valence-corrected chi connectivity index (χ4v) is 3.04. The van der Waals surface area contributed by atoms with Gasteiger partial charge in [0, 0.05) is 36.8 Å². The van der Waals surface area contributed by atoms with Gasteiger partial charge >= 0.3 is 0 Å². The third-order valence-corrected chi connectivity index (χ3v) is 4.07. The van der Waals surface area contributed by atoms with E-state index in [-0.39, 0.29) is 0 Å². The van der Waals surface area contributed by atoms with Gasteiger partial charge in [-0.15, -0.1) is 0 Å². The lowest BCUT2D eigenvalue weighted by Crippen LogP contribution is -2.31. The molecule has 3 heteroatoms. The molecule has 0 spiro atoms. The summed E-state index contributed by atoms with van der Waals surface area (Å²) >= 11 is 0. The molecule has 3 heterocycles. The minimum absolute atomic E-state index is 0.617. The molecule has 3 nitrogen and oxygen atoms in total. The molecular weight excluding hydrogens is 186 g/mol. The summed E-state index contributed by atoms with van der Waals surface area (Å²) in [7, 11) is 0. The molecule has 0 amide bonds. The SMILES string of the molecule is c1c2c(nn1CC1CC1)C[C@H]1CC[C@@H]2N1. The summed E-state index contributed by atoms with van der Waals surface area (Å²) < 4.78 is 2.20. The molecule has 4 rings (SSSR count). The first kappa shape index (κ1) is 8.34. The Labute approximate surface area is 89.9 Å². The number of aromatic nitrogens is 2. The molecule has 2 bridgehead atoms. The van der Waals surface area contributed by atoms with Crippen LogP contribution < -0.4 is 5.32 Å². The van der Waals surface area contributed by atoms with Gasteiger partial charge in [-0.1, -0.05) is 0 Å². The van der Waals surface area contributed by atoms with Crippen molar-refractivity contribution in [2.24, 2.45) is 5.92 Å². The van der Waals surface area contributed by atoms with Crippen LogP contribution in [0.5, 0.6) is 0 Å². The predicted molar refractivity (Wildman–Crippen MR) is 57.6 cm³/mol. The number of nitrogens with one attached hydrogen (secondary N) is 1. The lowest BCUT2D eigenvalue weighted by Gasteiger charge is -2.19. The molecule has 2 atom stereocenters. The zero-order valence-electron chi connectivity index (χ0n) is 8.95. The third-order valence-electron chi connectivity index (χ3n) is 4.07. The van der Waals surface area contributed by atoms with Crippen LogP contribution in [0.2, 0.25) is 0 Å². The van der Waals surface area contributed by atoms with Crippen molar-refractivity contribution in [1.29, 1.82) is 0 Å². The first-order valence-electron chi connectivity index (χ1n) is 6.21. The maximum Gasteiger partial charge on any atom is 0.0687 e. The second kappa shape index (κ2) is 2.85. The Morgan fingerprint density at radius 1 is 1.33 bits per heavy atom. The van der Waals surface area contributed by atoms with E-state index in [2.05, 4.69) is 16.2 Å². The molecule has 1 N–H and O–H groups in total. The van der Waals surface area contributed by atoms with E-state index in [4.69, 9.17) is 5.10 Å². The quantitative estimate of drug-likeness (QED) is 0.792. The molecule has 0 radical (unpaired) electrons. The summed E-state index contributed by atoms with van der Waals surface area (Å²) in [5, 5.41) is 8.42. The molecule has 80 valence electrons. The van der Waals surface area contributed by atoms with Crippen LogP contribution in [0.1, 0.15) is 43.0 Å². The van der Waals surface area contributed by atoms with Gasteiger partial charge in [-0.05, 0) is 31.6 Å². The monoisotopic (exact) mass is 203 g/mol. The van der Waals surface area contributed by atoms with Gasteiger partial charge in [0.1, 0.15) is 0 Å². The van der Waals surface area contributed by atoms with Gasteiger partial charge in [-0.2, -0.15) is 5.10 Å². The van der Waals surface area contributed by atoms with E-state index < -0.39 is 0 Å². The van der Waals surface area contributed by atoms with Crippen molar-refractivity contribution in [1.82, 2.24) is 15.1 Å². The van der Waals surface area contributed by atoms with Crippen molar-refractivity contribution in [2.75, 3.05) is 0 Å². The zero-order valence-corrected chi connectivity index (χ0v) is 8.95. The molecular formula is C12H17N3. The van der Waals surface area contributed by atoms with Gasteiger partial charge in [0.05, 0.1) is 5.69 Å². The lowest BCUT2D eigenvalue weighted by atomic mass is 10.0.